The zero-order chi connectivity index (χ0) is 14.1. The van der Waals surface area contributed by atoms with Gasteiger partial charge in [0.15, 0.2) is 0 Å². The molecule has 1 saturated heterocycles. The lowest BCUT2D eigenvalue weighted by atomic mass is 9.92. The summed E-state index contributed by atoms with van der Waals surface area (Å²) in [5.41, 5.74) is 0. The first-order valence-electron chi connectivity index (χ1n) is 4.84. The molecule has 1 rings (SSSR count). The van der Waals surface area contributed by atoms with Crippen LogP contribution in [0.2, 0.25) is 0 Å². The van der Waals surface area contributed by atoms with Gasteiger partial charge in [-0.1, -0.05) is 0 Å². The molecule has 1 aliphatic heterocycles. The van der Waals surface area contributed by atoms with Gasteiger partial charge in [0.1, 0.15) is 12.3 Å². The number of carboxylic acids is 1. The van der Waals surface area contributed by atoms with Crippen LogP contribution in [0.15, 0.2) is 0 Å². The number of amides is 1. The number of halogens is 3. The number of alkyl halides is 3. The van der Waals surface area contributed by atoms with Gasteiger partial charge in [-0.05, 0) is 0 Å². The standard InChI is InChI=1S/C8H11F3N2O5/c9-8(10,11)7(18)13-5-4(15)3(14)2(1-12-5)6(16)17/h2-5,12,14-15H,1H2,(H,13,18)(H,16,17)/t2?,3-,4+,5?/m1/s1. The molecule has 0 aliphatic carbocycles. The molecule has 18 heavy (non-hydrogen) atoms. The number of carbonyl (C=O) groups excluding carboxylic acids is 1. The lowest BCUT2D eigenvalue weighted by Gasteiger charge is -2.36. The zero-order valence-electron chi connectivity index (χ0n) is 8.81. The monoisotopic (exact) mass is 272 g/mol. The van der Waals surface area contributed by atoms with E-state index in [9.17, 15) is 33.0 Å². The predicted molar refractivity (Wildman–Crippen MR) is 49.1 cm³/mol. The highest BCUT2D eigenvalue weighted by Gasteiger charge is 2.45. The number of carboxylic acid groups (broad SMARTS) is 1. The van der Waals surface area contributed by atoms with Gasteiger partial charge in [-0.15, -0.1) is 0 Å². The molecule has 0 aromatic rings. The first kappa shape index (κ1) is 14.7. The molecule has 10 heteroatoms. The summed E-state index contributed by atoms with van der Waals surface area (Å²) in [5.74, 6) is -5.06. The lowest BCUT2D eigenvalue weighted by molar-refractivity contribution is -0.177. The number of hydrogen-bond donors (Lipinski definition) is 5. The normalized spacial score (nSPS) is 32.9. The summed E-state index contributed by atoms with van der Waals surface area (Å²) in [6, 6.07) is 0. The molecule has 1 amide bonds. The summed E-state index contributed by atoms with van der Waals surface area (Å²) >= 11 is 0. The number of aliphatic hydroxyl groups excluding tert-OH is 2. The van der Waals surface area contributed by atoms with Crippen molar-refractivity contribution >= 4 is 11.9 Å². The van der Waals surface area contributed by atoms with Gasteiger partial charge in [0, 0.05) is 6.54 Å². The van der Waals surface area contributed by atoms with Crippen LogP contribution in [-0.2, 0) is 9.59 Å². The third-order valence-corrected chi connectivity index (χ3v) is 2.52. The molecule has 7 nitrogen and oxygen atoms in total. The number of rotatable bonds is 2. The summed E-state index contributed by atoms with van der Waals surface area (Å²) in [6.45, 7) is -0.379. The molecule has 104 valence electrons. The molecule has 0 aromatic carbocycles. The van der Waals surface area contributed by atoms with E-state index in [2.05, 4.69) is 5.32 Å². The maximum atomic E-state index is 12.0. The average molecular weight is 272 g/mol. The smallest absolute Gasteiger partial charge is 0.471 e. The van der Waals surface area contributed by atoms with Crippen molar-refractivity contribution in [2.75, 3.05) is 6.54 Å². The van der Waals surface area contributed by atoms with Crippen LogP contribution in [0.25, 0.3) is 0 Å². The average Bonchev–Trinajstić information content (AvgIpc) is 2.22. The minimum atomic E-state index is -5.13. The third kappa shape index (κ3) is 3.09. The van der Waals surface area contributed by atoms with Crippen molar-refractivity contribution in [3.63, 3.8) is 0 Å². The Balaban J connectivity index is 2.67. The summed E-state index contributed by atoms with van der Waals surface area (Å²) in [5, 5.41) is 31.1. The Kier molecular flexibility index (Phi) is 4.14. The van der Waals surface area contributed by atoms with Crippen molar-refractivity contribution in [2.24, 2.45) is 5.92 Å². The fraction of sp³-hybridized carbons (Fsp3) is 0.750. The van der Waals surface area contributed by atoms with Crippen LogP contribution >= 0.6 is 0 Å². The van der Waals surface area contributed by atoms with Gasteiger partial charge in [-0.2, -0.15) is 13.2 Å². The molecule has 0 bridgehead atoms. The van der Waals surface area contributed by atoms with Crippen molar-refractivity contribution < 1.29 is 38.1 Å². The maximum absolute atomic E-state index is 12.0. The Morgan fingerprint density at radius 3 is 2.22 bits per heavy atom. The summed E-state index contributed by atoms with van der Waals surface area (Å²) in [6.07, 6.45) is -10.3. The van der Waals surface area contributed by atoms with E-state index in [1.807, 2.05) is 0 Å². The van der Waals surface area contributed by atoms with Gasteiger partial charge in [-0.3, -0.25) is 14.9 Å². The Bertz CT molecular complexity index is 348. The van der Waals surface area contributed by atoms with Crippen LogP contribution in [0.5, 0.6) is 0 Å². The molecule has 4 atom stereocenters. The summed E-state index contributed by atoms with van der Waals surface area (Å²) in [4.78, 5) is 21.2. The van der Waals surface area contributed by atoms with Gasteiger partial charge in [-0.25, -0.2) is 0 Å². The van der Waals surface area contributed by atoms with E-state index in [0.717, 1.165) is 0 Å². The van der Waals surface area contributed by atoms with Crippen molar-refractivity contribution in [1.82, 2.24) is 10.6 Å². The molecule has 0 radical (unpaired) electrons. The minimum absolute atomic E-state index is 0.379. The first-order valence-corrected chi connectivity index (χ1v) is 4.84. The molecule has 0 saturated carbocycles. The Morgan fingerprint density at radius 1 is 1.22 bits per heavy atom. The Labute approximate surface area is 98.6 Å². The topological polar surface area (TPSA) is 119 Å². The fourth-order valence-electron chi connectivity index (χ4n) is 1.52. The SMILES string of the molecule is O=C(O)C1CNC(NC(=O)C(F)(F)F)[C@@H](O)[C@@H]1O. The number of hydrogen-bond acceptors (Lipinski definition) is 5. The second-order valence-corrected chi connectivity index (χ2v) is 3.78. The molecular formula is C8H11F3N2O5. The van der Waals surface area contributed by atoms with Crippen LogP contribution in [0, 0.1) is 5.92 Å². The van der Waals surface area contributed by atoms with Crippen LogP contribution in [-0.4, -0.2) is 58.3 Å². The highest BCUT2D eigenvalue weighted by molar-refractivity contribution is 5.82. The number of aliphatic hydroxyl groups is 2. The van der Waals surface area contributed by atoms with E-state index in [4.69, 9.17) is 5.11 Å². The highest BCUT2D eigenvalue weighted by atomic mass is 19.4. The molecule has 0 aromatic heterocycles. The van der Waals surface area contributed by atoms with E-state index in [1.54, 1.807) is 0 Å². The van der Waals surface area contributed by atoms with E-state index >= 15 is 0 Å². The van der Waals surface area contributed by atoms with Crippen molar-refractivity contribution in [3.05, 3.63) is 0 Å². The molecule has 1 fully saturated rings. The van der Waals surface area contributed by atoms with Crippen molar-refractivity contribution in [1.29, 1.82) is 0 Å². The molecular weight excluding hydrogens is 261 g/mol. The number of piperidine rings is 1. The molecule has 2 unspecified atom stereocenters. The number of aliphatic carboxylic acids is 1. The summed E-state index contributed by atoms with van der Waals surface area (Å²) in [7, 11) is 0. The number of nitrogens with one attached hydrogen (secondary N) is 2. The van der Waals surface area contributed by atoms with Crippen LogP contribution in [0.3, 0.4) is 0 Å². The van der Waals surface area contributed by atoms with Crippen molar-refractivity contribution in [2.45, 2.75) is 24.6 Å². The Hall–Kier alpha value is -1.39. The van der Waals surface area contributed by atoms with E-state index in [-0.39, 0.29) is 6.54 Å². The quantitative estimate of drug-likeness (QED) is 0.397. The van der Waals surface area contributed by atoms with Crippen LogP contribution < -0.4 is 10.6 Å². The van der Waals surface area contributed by atoms with Gasteiger partial charge in [0.25, 0.3) is 0 Å². The van der Waals surface area contributed by atoms with Crippen LogP contribution in [0.1, 0.15) is 0 Å². The van der Waals surface area contributed by atoms with Crippen molar-refractivity contribution in [3.8, 4) is 0 Å². The molecule has 1 heterocycles. The minimum Gasteiger partial charge on any atom is -0.481 e. The second kappa shape index (κ2) is 5.08. The zero-order valence-corrected chi connectivity index (χ0v) is 8.81. The second-order valence-electron chi connectivity index (χ2n) is 3.78. The first-order chi connectivity index (χ1) is 8.14. The van der Waals surface area contributed by atoms with E-state index < -0.39 is 42.3 Å². The number of carbonyl (C=O) groups is 2. The Morgan fingerprint density at radius 2 is 1.78 bits per heavy atom. The van der Waals surface area contributed by atoms with E-state index in [0.29, 0.717) is 0 Å². The predicted octanol–water partition coefficient (Wildman–Crippen LogP) is -1.98. The fourth-order valence-corrected chi connectivity index (χ4v) is 1.52. The highest BCUT2D eigenvalue weighted by Crippen LogP contribution is 2.18. The lowest BCUT2D eigenvalue weighted by Crippen LogP contribution is -2.66. The van der Waals surface area contributed by atoms with Gasteiger partial charge in [0.2, 0.25) is 0 Å². The molecule has 0 spiro atoms. The molecule has 5 N–H and O–H groups in total. The van der Waals surface area contributed by atoms with Gasteiger partial charge >= 0.3 is 18.1 Å². The van der Waals surface area contributed by atoms with E-state index in [1.165, 1.54) is 5.32 Å². The maximum Gasteiger partial charge on any atom is 0.471 e. The largest absolute Gasteiger partial charge is 0.481 e. The third-order valence-electron chi connectivity index (χ3n) is 2.52. The van der Waals surface area contributed by atoms with Gasteiger partial charge in [0.05, 0.1) is 12.0 Å². The molecule has 1 aliphatic rings. The summed E-state index contributed by atoms with van der Waals surface area (Å²) < 4.78 is 35.9. The van der Waals surface area contributed by atoms with Gasteiger partial charge < -0.3 is 20.6 Å². The van der Waals surface area contributed by atoms with Crippen LogP contribution in [0.4, 0.5) is 13.2 Å².